The number of nitrogens with zero attached hydrogens (tertiary/aromatic N) is 2. The van der Waals surface area contributed by atoms with E-state index in [1.54, 1.807) is 24.3 Å². The lowest BCUT2D eigenvalue weighted by Crippen LogP contribution is -2.44. The van der Waals surface area contributed by atoms with Gasteiger partial charge in [0.2, 0.25) is 6.10 Å². The third-order valence-corrected chi connectivity index (χ3v) is 3.47. The molecule has 7 heteroatoms. The highest BCUT2D eigenvalue weighted by Gasteiger charge is 2.37. The van der Waals surface area contributed by atoms with Gasteiger partial charge in [0.1, 0.15) is 12.4 Å². The zero-order valence-electron chi connectivity index (χ0n) is 12.4. The molecule has 0 saturated heterocycles. The topological polar surface area (TPSA) is 94.8 Å². The fraction of sp³-hybridized carbons (Fsp3) is 0.188. The van der Waals surface area contributed by atoms with E-state index in [4.69, 9.17) is 10.5 Å². The quantitative estimate of drug-likeness (QED) is 0.858. The van der Waals surface area contributed by atoms with Crippen LogP contribution in [-0.2, 0) is 14.3 Å². The fourth-order valence-corrected chi connectivity index (χ4v) is 2.34. The van der Waals surface area contributed by atoms with Crippen molar-refractivity contribution in [2.24, 2.45) is 0 Å². The van der Waals surface area contributed by atoms with E-state index in [1.165, 1.54) is 12.0 Å². The van der Waals surface area contributed by atoms with Crippen LogP contribution in [0.1, 0.15) is 11.7 Å². The number of pyridine rings is 1. The number of nitrogen functional groups attached to an aromatic ring is 1. The van der Waals surface area contributed by atoms with Gasteiger partial charge in [-0.15, -0.1) is 0 Å². The Labute approximate surface area is 132 Å². The minimum atomic E-state index is -0.848. The van der Waals surface area contributed by atoms with Crippen molar-refractivity contribution in [1.29, 1.82) is 0 Å². The SMILES string of the molecule is COC(=O)CN1C(=O)C(c2ccccc2)Oc2ccc(N)nc21. The third kappa shape index (κ3) is 2.80. The number of methoxy groups -OCH3 is 1. The highest BCUT2D eigenvalue weighted by Crippen LogP contribution is 2.37. The van der Waals surface area contributed by atoms with Crippen LogP contribution in [0.5, 0.6) is 5.75 Å². The number of aromatic nitrogens is 1. The number of benzene rings is 1. The van der Waals surface area contributed by atoms with Crippen molar-refractivity contribution >= 4 is 23.5 Å². The Hall–Kier alpha value is -3.09. The van der Waals surface area contributed by atoms with Gasteiger partial charge in [0.15, 0.2) is 11.6 Å². The van der Waals surface area contributed by atoms with Crippen molar-refractivity contribution in [2.45, 2.75) is 6.10 Å². The Morgan fingerprint density at radius 1 is 1.30 bits per heavy atom. The van der Waals surface area contributed by atoms with Gasteiger partial charge in [-0.3, -0.25) is 14.5 Å². The van der Waals surface area contributed by atoms with E-state index in [9.17, 15) is 9.59 Å². The monoisotopic (exact) mass is 313 g/mol. The molecule has 0 fully saturated rings. The number of carbonyl (C=O) groups is 2. The molecule has 2 heterocycles. The first-order chi connectivity index (χ1) is 11.1. The number of rotatable bonds is 3. The molecular formula is C16H15N3O4. The summed E-state index contributed by atoms with van der Waals surface area (Å²) in [6, 6.07) is 12.3. The van der Waals surface area contributed by atoms with Crippen molar-refractivity contribution in [3.8, 4) is 5.75 Å². The van der Waals surface area contributed by atoms with Crippen LogP contribution in [0.2, 0.25) is 0 Å². The smallest absolute Gasteiger partial charge is 0.325 e. The number of hydrogen-bond acceptors (Lipinski definition) is 6. The van der Waals surface area contributed by atoms with Gasteiger partial charge >= 0.3 is 5.97 Å². The molecule has 1 aliphatic heterocycles. The Bertz CT molecular complexity index is 748. The van der Waals surface area contributed by atoms with Crippen LogP contribution in [0.15, 0.2) is 42.5 Å². The summed E-state index contributed by atoms with van der Waals surface area (Å²) in [6.07, 6.45) is -0.848. The summed E-state index contributed by atoms with van der Waals surface area (Å²) in [5.41, 5.74) is 6.37. The molecule has 0 spiro atoms. The lowest BCUT2D eigenvalue weighted by Gasteiger charge is -2.32. The maximum atomic E-state index is 12.8. The highest BCUT2D eigenvalue weighted by atomic mass is 16.5. The van der Waals surface area contributed by atoms with E-state index < -0.39 is 18.0 Å². The van der Waals surface area contributed by atoms with Crippen LogP contribution in [0.4, 0.5) is 11.6 Å². The summed E-state index contributed by atoms with van der Waals surface area (Å²) in [7, 11) is 1.26. The van der Waals surface area contributed by atoms with Crippen LogP contribution >= 0.6 is 0 Å². The molecule has 2 aromatic rings. The van der Waals surface area contributed by atoms with E-state index in [1.807, 2.05) is 18.2 Å². The fourth-order valence-electron chi connectivity index (χ4n) is 2.34. The first-order valence-electron chi connectivity index (χ1n) is 6.96. The molecule has 2 N–H and O–H groups in total. The van der Waals surface area contributed by atoms with Crippen molar-refractivity contribution in [3.63, 3.8) is 0 Å². The van der Waals surface area contributed by atoms with Gasteiger partial charge < -0.3 is 15.2 Å². The number of hydrogen-bond donors (Lipinski definition) is 1. The lowest BCUT2D eigenvalue weighted by molar-refractivity contribution is -0.141. The standard InChI is InChI=1S/C16H15N3O4/c1-22-13(20)9-19-15-11(7-8-12(17)18-15)23-14(16(19)21)10-5-3-2-4-6-10/h2-8,14H,9H2,1H3,(H2,17,18). The molecule has 1 aliphatic rings. The summed E-state index contributed by atoms with van der Waals surface area (Å²) in [5.74, 6) is -0.119. The molecule has 1 aromatic carbocycles. The van der Waals surface area contributed by atoms with Crippen LogP contribution in [-0.4, -0.2) is 30.5 Å². The number of amides is 1. The van der Waals surface area contributed by atoms with Crippen molar-refractivity contribution < 1.29 is 19.1 Å². The number of ether oxygens (including phenoxy) is 2. The summed E-state index contributed by atoms with van der Waals surface area (Å²) >= 11 is 0. The van der Waals surface area contributed by atoms with Gasteiger partial charge in [0, 0.05) is 5.56 Å². The summed E-state index contributed by atoms with van der Waals surface area (Å²) in [4.78, 5) is 29.8. The number of fused-ring (bicyclic) bond motifs is 1. The van der Waals surface area contributed by atoms with Crippen LogP contribution in [0.3, 0.4) is 0 Å². The van der Waals surface area contributed by atoms with Crippen molar-refractivity contribution in [1.82, 2.24) is 4.98 Å². The van der Waals surface area contributed by atoms with Crippen LogP contribution < -0.4 is 15.4 Å². The number of anilines is 2. The maximum absolute atomic E-state index is 12.8. The second-order valence-electron chi connectivity index (χ2n) is 4.97. The average Bonchev–Trinajstić information content (AvgIpc) is 2.58. The molecule has 0 radical (unpaired) electrons. The van der Waals surface area contributed by atoms with Gasteiger partial charge in [-0.2, -0.15) is 0 Å². The Morgan fingerprint density at radius 2 is 2.04 bits per heavy atom. The number of carbonyl (C=O) groups excluding carboxylic acids is 2. The zero-order chi connectivity index (χ0) is 16.4. The molecule has 1 aromatic heterocycles. The molecule has 1 amide bonds. The molecule has 23 heavy (non-hydrogen) atoms. The molecule has 1 atom stereocenters. The zero-order valence-corrected chi connectivity index (χ0v) is 12.4. The van der Waals surface area contributed by atoms with E-state index in [-0.39, 0.29) is 18.2 Å². The Morgan fingerprint density at radius 3 is 2.74 bits per heavy atom. The largest absolute Gasteiger partial charge is 0.472 e. The first-order valence-corrected chi connectivity index (χ1v) is 6.96. The van der Waals surface area contributed by atoms with E-state index in [2.05, 4.69) is 9.72 Å². The minimum Gasteiger partial charge on any atom is -0.472 e. The minimum absolute atomic E-state index is 0.215. The van der Waals surface area contributed by atoms with Gasteiger partial charge in [0.25, 0.3) is 5.91 Å². The Kier molecular flexibility index (Phi) is 3.84. The van der Waals surface area contributed by atoms with Crippen LogP contribution in [0.25, 0.3) is 0 Å². The Balaban J connectivity index is 2.04. The predicted molar refractivity (Wildman–Crippen MR) is 82.8 cm³/mol. The van der Waals surface area contributed by atoms with Crippen LogP contribution in [0, 0.1) is 0 Å². The molecule has 1 unspecified atom stereocenters. The van der Waals surface area contributed by atoms with Gasteiger partial charge in [-0.1, -0.05) is 30.3 Å². The number of esters is 1. The van der Waals surface area contributed by atoms with Crippen molar-refractivity contribution in [3.05, 3.63) is 48.0 Å². The van der Waals surface area contributed by atoms with Gasteiger partial charge in [0.05, 0.1) is 7.11 Å². The molecule has 0 aliphatic carbocycles. The summed E-state index contributed by atoms with van der Waals surface area (Å²) in [6.45, 7) is -0.258. The normalized spacial score (nSPS) is 16.5. The van der Waals surface area contributed by atoms with Gasteiger partial charge in [-0.05, 0) is 12.1 Å². The summed E-state index contributed by atoms with van der Waals surface area (Å²) in [5, 5.41) is 0. The predicted octanol–water partition coefficient (Wildman–Crippen LogP) is 1.30. The van der Waals surface area contributed by atoms with E-state index in [0.29, 0.717) is 11.3 Å². The summed E-state index contributed by atoms with van der Waals surface area (Å²) < 4.78 is 10.4. The van der Waals surface area contributed by atoms with Crippen molar-refractivity contribution in [2.75, 3.05) is 24.3 Å². The third-order valence-electron chi connectivity index (χ3n) is 3.47. The molecular weight excluding hydrogens is 298 g/mol. The second-order valence-corrected chi connectivity index (χ2v) is 4.97. The molecule has 7 nitrogen and oxygen atoms in total. The molecule has 118 valence electrons. The lowest BCUT2D eigenvalue weighted by atomic mass is 10.1. The molecule has 3 rings (SSSR count). The van der Waals surface area contributed by atoms with E-state index >= 15 is 0 Å². The van der Waals surface area contributed by atoms with E-state index in [0.717, 1.165) is 0 Å². The molecule has 0 saturated carbocycles. The second kappa shape index (κ2) is 5.96. The maximum Gasteiger partial charge on any atom is 0.325 e. The molecule has 0 bridgehead atoms. The average molecular weight is 313 g/mol. The first kappa shape index (κ1) is 14.8. The highest BCUT2D eigenvalue weighted by molar-refractivity contribution is 6.02. The number of nitrogens with two attached hydrogens (primary N) is 1. The van der Waals surface area contributed by atoms with Gasteiger partial charge in [-0.25, -0.2) is 4.98 Å².